The third-order valence-electron chi connectivity index (χ3n) is 5.27. The van der Waals surface area contributed by atoms with Gasteiger partial charge in [0, 0.05) is 37.8 Å². The summed E-state index contributed by atoms with van der Waals surface area (Å²) in [4.78, 5) is 32.6. The first kappa shape index (κ1) is 21.1. The van der Waals surface area contributed by atoms with E-state index in [4.69, 9.17) is 0 Å². The second-order valence-corrected chi connectivity index (χ2v) is 9.49. The number of anilines is 2. The van der Waals surface area contributed by atoms with Gasteiger partial charge in [-0.2, -0.15) is 9.29 Å². The molecule has 0 radical (unpaired) electrons. The van der Waals surface area contributed by atoms with E-state index in [-0.39, 0.29) is 41.3 Å². The quantitative estimate of drug-likeness (QED) is 0.382. The zero-order valence-electron chi connectivity index (χ0n) is 16.9. The number of carbonyl (C=O) groups is 1. The van der Waals surface area contributed by atoms with Gasteiger partial charge in [-0.15, -0.1) is 0 Å². The number of rotatable bonds is 7. The molecular formula is C19H22N6O5S. The van der Waals surface area contributed by atoms with Crippen molar-refractivity contribution in [1.82, 2.24) is 14.3 Å². The molecule has 2 aromatic rings. The first-order chi connectivity index (χ1) is 14.8. The molecule has 1 aliphatic heterocycles. The largest absolute Gasteiger partial charge is 0.361 e. The molecule has 0 atom stereocenters. The number of benzene rings is 1. The van der Waals surface area contributed by atoms with E-state index in [9.17, 15) is 23.3 Å². The number of aromatic nitrogens is 2. The third kappa shape index (κ3) is 4.49. The van der Waals surface area contributed by atoms with Crippen LogP contribution < -0.4 is 10.2 Å². The van der Waals surface area contributed by atoms with Crippen molar-refractivity contribution >= 4 is 33.3 Å². The average molecular weight is 446 g/mol. The molecule has 0 spiro atoms. The van der Waals surface area contributed by atoms with Crippen molar-refractivity contribution in [3.8, 4) is 0 Å². The highest BCUT2D eigenvalue weighted by atomic mass is 32.2. The Balaban J connectivity index is 1.49. The number of hydrogen-bond acceptors (Lipinski definition) is 9. The zero-order chi connectivity index (χ0) is 22.2. The summed E-state index contributed by atoms with van der Waals surface area (Å²) in [5.74, 6) is 0.311. The molecule has 0 unspecified atom stereocenters. The molecule has 1 aliphatic carbocycles. The van der Waals surface area contributed by atoms with E-state index in [0.717, 1.165) is 12.8 Å². The van der Waals surface area contributed by atoms with Crippen LogP contribution in [0.5, 0.6) is 0 Å². The molecule has 2 fully saturated rings. The number of piperazine rings is 1. The lowest BCUT2D eigenvalue weighted by Crippen LogP contribution is -2.49. The smallest absolute Gasteiger partial charge is 0.329 e. The summed E-state index contributed by atoms with van der Waals surface area (Å²) >= 11 is 0. The number of nitro groups is 1. The fourth-order valence-electron chi connectivity index (χ4n) is 3.33. The molecule has 0 bridgehead atoms. The first-order valence-electron chi connectivity index (χ1n) is 9.90. The van der Waals surface area contributed by atoms with Crippen LogP contribution in [0.4, 0.5) is 17.5 Å². The Bertz CT molecular complexity index is 1130. The number of ketones is 1. The van der Waals surface area contributed by atoms with Crippen LogP contribution in [0.2, 0.25) is 0 Å². The van der Waals surface area contributed by atoms with Crippen LogP contribution in [-0.2, 0) is 10.0 Å². The van der Waals surface area contributed by atoms with E-state index in [2.05, 4.69) is 15.3 Å². The van der Waals surface area contributed by atoms with Crippen molar-refractivity contribution in [3.63, 3.8) is 0 Å². The lowest BCUT2D eigenvalue weighted by Gasteiger charge is -2.34. The molecule has 1 aromatic heterocycles. The van der Waals surface area contributed by atoms with Gasteiger partial charge in [-0.3, -0.25) is 14.9 Å². The summed E-state index contributed by atoms with van der Waals surface area (Å²) in [7, 11) is -3.75. The Morgan fingerprint density at radius 2 is 1.94 bits per heavy atom. The Hall–Kier alpha value is -3.12. The SMILES string of the molecule is CC(=O)c1cccc(S(=O)(=O)N2CCN(c3ncc([N+](=O)[O-])c(NC4CC4)n3)CC2)c1. The van der Waals surface area contributed by atoms with Crippen molar-refractivity contribution in [2.75, 3.05) is 36.4 Å². The molecule has 31 heavy (non-hydrogen) atoms. The molecule has 2 aliphatic rings. The minimum absolute atomic E-state index is 0.0798. The molecule has 0 amide bonds. The topological polar surface area (TPSA) is 139 Å². The monoisotopic (exact) mass is 446 g/mol. The van der Waals surface area contributed by atoms with Gasteiger partial charge >= 0.3 is 5.69 Å². The van der Waals surface area contributed by atoms with Gasteiger partial charge in [0.1, 0.15) is 6.20 Å². The van der Waals surface area contributed by atoms with E-state index >= 15 is 0 Å². The van der Waals surface area contributed by atoms with Crippen LogP contribution >= 0.6 is 0 Å². The van der Waals surface area contributed by atoms with Crippen LogP contribution in [0.3, 0.4) is 0 Å². The lowest BCUT2D eigenvalue weighted by atomic mass is 10.2. The van der Waals surface area contributed by atoms with Gasteiger partial charge in [0.05, 0.1) is 9.82 Å². The lowest BCUT2D eigenvalue weighted by molar-refractivity contribution is -0.384. The predicted molar refractivity (Wildman–Crippen MR) is 113 cm³/mol. The summed E-state index contributed by atoms with van der Waals surface area (Å²) in [5, 5.41) is 14.3. The summed E-state index contributed by atoms with van der Waals surface area (Å²) in [6.45, 7) is 2.48. The predicted octanol–water partition coefficient (Wildman–Crippen LogP) is 1.67. The summed E-state index contributed by atoms with van der Waals surface area (Å²) in [6.07, 6.45) is 3.07. The van der Waals surface area contributed by atoms with Crippen molar-refractivity contribution in [3.05, 3.63) is 46.1 Å². The molecule has 1 aromatic carbocycles. The molecular weight excluding hydrogens is 424 g/mol. The number of Topliss-reactive ketones (excluding diaryl/α,β-unsaturated/α-hetero) is 1. The fraction of sp³-hybridized carbons (Fsp3) is 0.421. The maximum absolute atomic E-state index is 13.0. The maximum atomic E-state index is 13.0. The van der Waals surface area contributed by atoms with Crippen LogP contribution in [0.1, 0.15) is 30.1 Å². The highest BCUT2D eigenvalue weighted by Gasteiger charge is 2.31. The molecule has 2 heterocycles. The maximum Gasteiger partial charge on any atom is 0.329 e. The Kier molecular flexibility index (Phi) is 5.58. The first-order valence-corrected chi connectivity index (χ1v) is 11.3. The van der Waals surface area contributed by atoms with E-state index in [1.807, 2.05) is 0 Å². The van der Waals surface area contributed by atoms with Gasteiger partial charge in [-0.25, -0.2) is 13.4 Å². The minimum Gasteiger partial charge on any atom is -0.361 e. The van der Waals surface area contributed by atoms with E-state index in [0.29, 0.717) is 24.6 Å². The number of hydrogen-bond donors (Lipinski definition) is 1. The van der Waals surface area contributed by atoms with Gasteiger partial charge in [0.25, 0.3) is 0 Å². The van der Waals surface area contributed by atoms with Crippen molar-refractivity contribution in [2.45, 2.75) is 30.7 Å². The molecule has 1 N–H and O–H groups in total. The van der Waals surface area contributed by atoms with Crippen molar-refractivity contribution < 1.29 is 18.1 Å². The minimum atomic E-state index is -3.75. The van der Waals surface area contributed by atoms with Gasteiger partial charge in [0.15, 0.2) is 5.78 Å². The second-order valence-electron chi connectivity index (χ2n) is 7.55. The van der Waals surface area contributed by atoms with Crippen LogP contribution in [0.15, 0.2) is 35.4 Å². The second kappa shape index (κ2) is 8.19. The van der Waals surface area contributed by atoms with E-state index in [1.54, 1.807) is 17.0 Å². The molecule has 1 saturated carbocycles. The van der Waals surface area contributed by atoms with Crippen molar-refractivity contribution in [2.24, 2.45) is 0 Å². The van der Waals surface area contributed by atoms with Crippen molar-refractivity contribution in [1.29, 1.82) is 0 Å². The summed E-state index contributed by atoms with van der Waals surface area (Å²) < 4.78 is 27.3. The molecule has 11 nitrogen and oxygen atoms in total. The molecule has 1 saturated heterocycles. The third-order valence-corrected chi connectivity index (χ3v) is 7.17. The number of nitrogens with zero attached hydrogens (tertiary/aromatic N) is 5. The average Bonchev–Trinajstić information content (AvgIpc) is 3.57. The molecule has 164 valence electrons. The van der Waals surface area contributed by atoms with Crippen LogP contribution in [0.25, 0.3) is 0 Å². The standard InChI is InChI=1S/C19H22N6O5S/c1-13(26)14-3-2-4-16(11-14)31(29,30)24-9-7-23(8-10-24)19-20-12-17(25(27)28)18(22-19)21-15-5-6-15/h2-4,11-12,15H,5-10H2,1H3,(H,20,21,22). The van der Waals surface area contributed by atoms with Crippen LogP contribution in [-0.4, -0.2) is 65.6 Å². The Labute approximate surface area is 179 Å². The van der Waals surface area contributed by atoms with Gasteiger partial charge in [-0.1, -0.05) is 12.1 Å². The highest BCUT2D eigenvalue weighted by molar-refractivity contribution is 7.89. The fourth-order valence-corrected chi connectivity index (χ4v) is 4.80. The number of carbonyl (C=O) groups excluding carboxylic acids is 1. The van der Waals surface area contributed by atoms with E-state index < -0.39 is 14.9 Å². The highest BCUT2D eigenvalue weighted by Crippen LogP contribution is 2.30. The van der Waals surface area contributed by atoms with E-state index in [1.165, 1.54) is 29.6 Å². The normalized spacial score (nSPS) is 17.4. The summed E-state index contributed by atoms with van der Waals surface area (Å²) in [6, 6.07) is 6.19. The van der Waals surface area contributed by atoms with Gasteiger partial charge < -0.3 is 10.2 Å². The molecule has 4 rings (SSSR count). The Morgan fingerprint density at radius 3 is 2.55 bits per heavy atom. The van der Waals surface area contributed by atoms with Gasteiger partial charge in [0.2, 0.25) is 21.8 Å². The zero-order valence-corrected chi connectivity index (χ0v) is 17.7. The number of nitrogens with one attached hydrogen (secondary N) is 1. The Morgan fingerprint density at radius 1 is 1.23 bits per heavy atom. The van der Waals surface area contributed by atoms with Gasteiger partial charge in [-0.05, 0) is 31.9 Å². The van der Waals surface area contributed by atoms with Crippen LogP contribution in [0, 0.1) is 10.1 Å². The molecule has 12 heteroatoms. The number of sulfonamides is 1. The summed E-state index contributed by atoms with van der Waals surface area (Å²) in [5.41, 5.74) is 0.164.